The molecular formula is C18H20N2O3. The van der Waals surface area contributed by atoms with Crippen molar-refractivity contribution in [2.75, 3.05) is 6.54 Å². The number of carbonyl (C=O) groups is 2. The van der Waals surface area contributed by atoms with E-state index in [0.29, 0.717) is 18.7 Å². The lowest BCUT2D eigenvalue weighted by Crippen LogP contribution is -2.44. The number of hydrogen-bond donors (Lipinski definition) is 1. The smallest absolute Gasteiger partial charge is 0.303 e. The number of carbonyl (C=O) groups excluding carboxylic acids is 1. The first-order valence-electron chi connectivity index (χ1n) is 8.03. The number of pyridine rings is 1. The number of rotatable bonds is 4. The second kappa shape index (κ2) is 6.77. The minimum absolute atomic E-state index is 0.00637. The molecule has 2 aromatic rings. The Hall–Kier alpha value is -2.43. The fraction of sp³-hybridized carbons (Fsp3) is 0.389. The normalized spacial score (nSPS) is 18.1. The van der Waals surface area contributed by atoms with E-state index in [1.165, 1.54) is 0 Å². The minimum atomic E-state index is -0.814. The number of carboxylic acids is 1. The number of nitrogens with zero attached hydrogens (tertiary/aromatic N) is 2. The SMILES string of the molecule is O=C(O)CCC1CCCCN1C(=O)c1nccc2ccccc12. The Balaban J connectivity index is 1.88. The van der Waals surface area contributed by atoms with Crippen molar-refractivity contribution in [1.29, 1.82) is 0 Å². The average molecular weight is 312 g/mol. The van der Waals surface area contributed by atoms with Crippen LogP contribution in [0.1, 0.15) is 42.6 Å². The van der Waals surface area contributed by atoms with Gasteiger partial charge in [0.25, 0.3) is 5.91 Å². The van der Waals surface area contributed by atoms with Crippen LogP contribution in [0.5, 0.6) is 0 Å². The van der Waals surface area contributed by atoms with Crippen molar-refractivity contribution in [2.24, 2.45) is 0 Å². The van der Waals surface area contributed by atoms with E-state index < -0.39 is 5.97 Å². The number of carboxylic acid groups (broad SMARTS) is 1. The number of likely N-dealkylation sites (tertiary alicyclic amines) is 1. The third-order valence-corrected chi connectivity index (χ3v) is 4.46. The van der Waals surface area contributed by atoms with Gasteiger partial charge in [-0.05, 0) is 37.1 Å². The molecular weight excluding hydrogens is 292 g/mol. The fourth-order valence-corrected chi connectivity index (χ4v) is 3.28. The van der Waals surface area contributed by atoms with Crippen LogP contribution in [-0.2, 0) is 4.79 Å². The quantitative estimate of drug-likeness (QED) is 0.941. The van der Waals surface area contributed by atoms with Crippen molar-refractivity contribution >= 4 is 22.6 Å². The van der Waals surface area contributed by atoms with E-state index in [2.05, 4.69) is 4.98 Å². The van der Waals surface area contributed by atoms with Gasteiger partial charge >= 0.3 is 5.97 Å². The highest BCUT2D eigenvalue weighted by Crippen LogP contribution is 2.25. The summed E-state index contributed by atoms with van der Waals surface area (Å²) in [6, 6.07) is 9.60. The van der Waals surface area contributed by atoms with Crippen LogP contribution in [0.3, 0.4) is 0 Å². The molecule has 0 radical (unpaired) electrons. The zero-order valence-electron chi connectivity index (χ0n) is 12.9. The zero-order valence-corrected chi connectivity index (χ0v) is 12.9. The Labute approximate surface area is 134 Å². The number of amides is 1. The van der Waals surface area contributed by atoms with Crippen LogP contribution in [0.15, 0.2) is 36.5 Å². The Kier molecular flexibility index (Phi) is 4.55. The first kappa shape index (κ1) is 15.5. The number of aromatic nitrogens is 1. The summed E-state index contributed by atoms with van der Waals surface area (Å²) in [5.41, 5.74) is 0.463. The molecule has 1 atom stereocenters. The van der Waals surface area contributed by atoms with E-state index in [-0.39, 0.29) is 18.4 Å². The molecule has 2 heterocycles. The number of aliphatic carboxylic acids is 1. The monoisotopic (exact) mass is 312 g/mol. The molecule has 0 spiro atoms. The predicted octanol–water partition coefficient (Wildman–Crippen LogP) is 3.09. The topological polar surface area (TPSA) is 70.5 Å². The summed E-state index contributed by atoms with van der Waals surface area (Å²) in [6.07, 6.45) is 5.12. The van der Waals surface area contributed by atoms with Crippen molar-refractivity contribution in [3.63, 3.8) is 0 Å². The predicted molar refractivity (Wildman–Crippen MR) is 87.3 cm³/mol. The molecule has 1 aliphatic heterocycles. The van der Waals surface area contributed by atoms with Gasteiger partial charge in [-0.25, -0.2) is 0 Å². The van der Waals surface area contributed by atoms with Gasteiger partial charge in [0, 0.05) is 30.6 Å². The molecule has 1 saturated heterocycles. The Morgan fingerprint density at radius 2 is 2.04 bits per heavy atom. The van der Waals surface area contributed by atoms with E-state index in [4.69, 9.17) is 5.11 Å². The number of hydrogen-bond acceptors (Lipinski definition) is 3. The van der Waals surface area contributed by atoms with Gasteiger partial charge in [0.2, 0.25) is 0 Å². The highest BCUT2D eigenvalue weighted by Gasteiger charge is 2.29. The zero-order chi connectivity index (χ0) is 16.2. The Bertz CT molecular complexity index is 724. The molecule has 1 fully saturated rings. The first-order valence-corrected chi connectivity index (χ1v) is 8.03. The molecule has 0 saturated carbocycles. The number of benzene rings is 1. The maximum Gasteiger partial charge on any atom is 0.303 e. The first-order chi connectivity index (χ1) is 11.2. The summed E-state index contributed by atoms with van der Waals surface area (Å²) in [6.45, 7) is 0.675. The van der Waals surface area contributed by atoms with Gasteiger partial charge in [-0.1, -0.05) is 24.3 Å². The lowest BCUT2D eigenvalue weighted by atomic mass is 9.97. The van der Waals surface area contributed by atoms with E-state index >= 15 is 0 Å². The van der Waals surface area contributed by atoms with Crippen LogP contribution < -0.4 is 0 Å². The van der Waals surface area contributed by atoms with Crippen LogP contribution in [0, 0.1) is 0 Å². The molecule has 1 amide bonds. The van der Waals surface area contributed by atoms with Gasteiger partial charge in [0.05, 0.1) is 0 Å². The summed E-state index contributed by atoms with van der Waals surface area (Å²) in [5, 5.41) is 10.8. The minimum Gasteiger partial charge on any atom is -0.481 e. The van der Waals surface area contributed by atoms with E-state index in [1.54, 1.807) is 6.20 Å². The standard InChI is InChI=1S/C18H20N2O3/c21-16(22)9-8-14-6-3-4-12-20(14)18(23)17-15-7-2-1-5-13(15)10-11-19-17/h1-2,5,7,10-11,14H,3-4,6,8-9,12H2,(H,21,22). The molecule has 1 aromatic carbocycles. The molecule has 0 bridgehead atoms. The molecule has 1 aromatic heterocycles. The summed E-state index contributed by atoms with van der Waals surface area (Å²) in [5.74, 6) is -0.900. The largest absolute Gasteiger partial charge is 0.481 e. The second-order valence-electron chi connectivity index (χ2n) is 5.96. The number of piperidine rings is 1. The third-order valence-electron chi connectivity index (χ3n) is 4.46. The van der Waals surface area contributed by atoms with Gasteiger partial charge < -0.3 is 10.0 Å². The summed E-state index contributed by atoms with van der Waals surface area (Å²) < 4.78 is 0. The van der Waals surface area contributed by atoms with Crippen LogP contribution in [-0.4, -0.2) is 39.5 Å². The molecule has 1 aliphatic rings. The van der Waals surface area contributed by atoms with Gasteiger partial charge in [0.15, 0.2) is 0 Å². The number of fused-ring (bicyclic) bond motifs is 1. The van der Waals surface area contributed by atoms with Crippen molar-refractivity contribution in [1.82, 2.24) is 9.88 Å². The van der Waals surface area contributed by atoms with Crippen molar-refractivity contribution in [3.8, 4) is 0 Å². The lowest BCUT2D eigenvalue weighted by Gasteiger charge is -2.35. The molecule has 1 unspecified atom stereocenters. The molecule has 23 heavy (non-hydrogen) atoms. The third kappa shape index (κ3) is 3.33. The highest BCUT2D eigenvalue weighted by atomic mass is 16.4. The maximum absolute atomic E-state index is 13.0. The molecule has 5 heteroatoms. The Morgan fingerprint density at radius 1 is 1.22 bits per heavy atom. The lowest BCUT2D eigenvalue weighted by molar-refractivity contribution is -0.137. The van der Waals surface area contributed by atoms with Crippen LogP contribution in [0.4, 0.5) is 0 Å². The molecule has 1 N–H and O–H groups in total. The fourth-order valence-electron chi connectivity index (χ4n) is 3.28. The highest BCUT2D eigenvalue weighted by molar-refractivity contribution is 6.05. The molecule has 5 nitrogen and oxygen atoms in total. The van der Waals surface area contributed by atoms with Crippen molar-refractivity contribution in [3.05, 3.63) is 42.2 Å². The average Bonchev–Trinajstić information content (AvgIpc) is 2.59. The van der Waals surface area contributed by atoms with E-state index in [0.717, 1.165) is 30.0 Å². The Morgan fingerprint density at radius 3 is 2.87 bits per heavy atom. The van der Waals surface area contributed by atoms with Crippen molar-refractivity contribution < 1.29 is 14.7 Å². The van der Waals surface area contributed by atoms with Gasteiger partial charge in [0.1, 0.15) is 5.69 Å². The second-order valence-corrected chi connectivity index (χ2v) is 5.96. The van der Waals surface area contributed by atoms with Crippen LogP contribution in [0.2, 0.25) is 0 Å². The van der Waals surface area contributed by atoms with Gasteiger partial charge in [-0.15, -0.1) is 0 Å². The van der Waals surface area contributed by atoms with Crippen LogP contribution in [0.25, 0.3) is 10.8 Å². The summed E-state index contributed by atoms with van der Waals surface area (Å²) >= 11 is 0. The molecule has 120 valence electrons. The van der Waals surface area contributed by atoms with Gasteiger partial charge in [-0.3, -0.25) is 14.6 Å². The van der Waals surface area contributed by atoms with E-state index in [1.807, 2.05) is 35.2 Å². The maximum atomic E-state index is 13.0. The summed E-state index contributed by atoms with van der Waals surface area (Å²) in [4.78, 5) is 30.0. The summed E-state index contributed by atoms with van der Waals surface area (Å²) in [7, 11) is 0. The van der Waals surface area contributed by atoms with E-state index in [9.17, 15) is 9.59 Å². The van der Waals surface area contributed by atoms with Crippen molar-refractivity contribution in [2.45, 2.75) is 38.1 Å². The molecule has 0 aliphatic carbocycles. The van der Waals surface area contributed by atoms with Gasteiger partial charge in [-0.2, -0.15) is 0 Å². The molecule has 3 rings (SSSR count). The van der Waals surface area contributed by atoms with Crippen LogP contribution >= 0.6 is 0 Å².